The molecular weight excluding hydrogens is 156 g/mol. The topological polar surface area (TPSA) is 49.7 Å². The zero-order chi connectivity index (χ0) is 7.72. The fourth-order valence-corrected chi connectivity index (χ4v) is 1.32. The highest BCUT2D eigenvalue weighted by molar-refractivity contribution is 6.18. The number of alkyl halides is 1. The summed E-state index contributed by atoms with van der Waals surface area (Å²) >= 11 is 5.44. The zero-order valence-corrected chi connectivity index (χ0v) is 6.45. The second-order valence-electron chi connectivity index (χ2n) is 2.52. The summed E-state index contributed by atoms with van der Waals surface area (Å²) in [6.45, 7) is 1.71. The average molecular weight is 167 g/mol. The van der Waals surface area contributed by atoms with Crippen LogP contribution >= 0.6 is 11.6 Å². The van der Waals surface area contributed by atoms with E-state index in [0.717, 1.165) is 0 Å². The van der Waals surface area contributed by atoms with Crippen molar-refractivity contribution in [3.05, 3.63) is 0 Å². The molecule has 10 heavy (non-hydrogen) atoms. The number of aliphatic hydroxyl groups is 2. The van der Waals surface area contributed by atoms with E-state index in [4.69, 9.17) is 26.6 Å². The maximum Gasteiger partial charge on any atom is 0.110 e. The van der Waals surface area contributed by atoms with Crippen LogP contribution in [0.5, 0.6) is 0 Å². The van der Waals surface area contributed by atoms with Crippen LogP contribution in [0.2, 0.25) is 0 Å². The molecule has 2 N–H and O–H groups in total. The molecule has 0 aromatic heterocycles. The van der Waals surface area contributed by atoms with Crippen molar-refractivity contribution in [1.82, 2.24) is 0 Å². The van der Waals surface area contributed by atoms with Gasteiger partial charge in [-0.15, -0.1) is 11.6 Å². The Labute approximate surface area is 64.6 Å². The molecule has 3 nitrogen and oxygen atoms in total. The van der Waals surface area contributed by atoms with E-state index < -0.39 is 18.3 Å². The van der Waals surface area contributed by atoms with E-state index in [9.17, 15) is 0 Å². The highest BCUT2D eigenvalue weighted by Gasteiger charge is 2.39. The van der Waals surface area contributed by atoms with Crippen molar-refractivity contribution >= 4 is 11.6 Å². The fraction of sp³-hybridized carbons (Fsp3) is 1.00. The SMILES string of the molecule is C[C@@H]1OC(CCl)[C@@H](O)[C@H]1O. The summed E-state index contributed by atoms with van der Waals surface area (Å²) in [7, 11) is 0. The Hall–Kier alpha value is 0.170. The first-order valence-corrected chi connectivity index (χ1v) is 3.78. The van der Waals surface area contributed by atoms with E-state index >= 15 is 0 Å². The molecule has 1 fully saturated rings. The third-order valence-electron chi connectivity index (χ3n) is 1.75. The summed E-state index contributed by atoms with van der Waals surface area (Å²) in [6.07, 6.45) is -2.33. The highest BCUT2D eigenvalue weighted by atomic mass is 35.5. The molecule has 0 spiro atoms. The van der Waals surface area contributed by atoms with Crippen LogP contribution in [0.25, 0.3) is 0 Å². The Balaban J connectivity index is 2.53. The van der Waals surface area contributed by atoms with Gasteiger partial charge in [-0.3, -0.25) is 0 Å². The molecule has 0 saturated carbocycles. The van der Waals surface area contributed by atoms with Gasteiger partial charge in [0.2, 0.25) is 0 Å². The second kappa shape index (κ2) is 3.05. The van der Waals surface area contributed by atoms with E-state index in [0.29, 0.717) is 0 Å². The van der Waals surface area contributed by atoms with Gasteiger partial charge in [0.15, 0.2) is 0 Å². The van der Waals surface area contributed by atoms with Gasteiger partial charge in [-0.1, -0.05) is 0 Å². The monoisotopic (exact) mass is 166 g/mol. The van der Waals surface area contributed by atoms with Gasteiger partial charge in [0.05, 0.1) is 18.1 Å². The predicted octanol–water partition coefficient (Wildman–Crippen LogP) is -0.266. The van der Waals surface area contributed by atoms with Gasteiger partial charge in [-0.25, -0.2) is 0 Å². The molecule has 1 aliphatic rings. The average Bonchev–Trinajstić information content (AvgIpc) is 2.17. The number of halogens is 1. The van der Waals surface area contributed by atoms with Gasteiger partial charge in [0.1, 0.15) is 12.2 Å². The molecule has 1 heterocycles. The quantitative estimate of drug-likeness (QED) is 0.528. The van der Waals surface area contributed by atoms with E-state index in [1.54, 1.807) is 6.92 Å². The minimum Gasteiger partial charge on any atom is -0.388 e. The molecule has 0 radical (unpaired) electrons. The molecule has 4 heteroatoms. The van der Waals surface area contributed by atoms with Gasteiger partial charge in [-0.05, 0) is 6.92 Å². The van der Waals surface area contributed by atoms with Gasteiger partial charge in [0, 0.05) is 0 Å². The molecule has 0 aliphatic carbocycles. The van der Waals surface area contributed by atoms with Crippen LogP contribution in [-0.4, -0.2) is 40.5 Å². The lowest BCUT2D eigenvalue weighted by Gasteiger charge is -2.10. The standard InChI is InChI=1S/C6H11ClO3/c1-3-5(8)6(9)4(2-7)10-3/h3-6,8-9H,2H2,1H3/t3-,4?,5-,6+/m0/s1. The van der Waals surface area contributed by atoms with E-state index in [-0.39, 0.29) is 12.0 Å². The first kappa shape index (κ1) is 8.27. The lowest BCUT2D eigenvalue weighted by molar-refractivity contribution is 0.0297. The molecule has 1 unspecified atom stereocenters. The van der Waals surface area contributed by atoms with Crippen LogP contribution < -0.4 is 0 Å². The Bertz CT molecular complexity index is 120. The van der Waals surface area contributed by atoms with Crippen molar-refractivity contribution in [2.45, 2.75) is 31.3 Å². The summed E-state index contributed by atoms with van der Waals surface area (Å²) in [5.74, 6) is 0.225. The van der Waals surface area contributed by atoms with Crippen molar-refractivity contribution in [2.75, 3.05) is 5.88 Å². The van der Waals surface area contributed by atoms with Crippen LogP contribution in [-0.2, 0) is 4.74 Å². The van der Waals surface area contributed by atoms with Gasteiger partial charge < -0.3 is 14.9 Å². The fourth-order valence-electron chi connectivity index (χ4n) is 1.06. The smallest absolute Gasteiger partial charge is 0.110 e. The summed E-state index contributed by atoms with van der Waals surface area (Å²) < 4.78 is 5.10. The summed E-state index contributed by atoms with van der Waals surface area (Å²) in [4.78, 5) is 0. The molecule has 0 amide bonds. The zero-order valence-electron chi connectivity index (χ0n) is 5.70. The van der Waals surface area contributed by atoms with Gasteiger partial charge in [0.25, 0.3) is 0 Å². The largest absolute Gasteiger partial charge is 0.388 e. The maximum atomic E-state index is 9.17. The number of hydrogen-bond acceptors (Lipinski definition) is 3. The summed E-state index contributed by atoms with van der Waals surface area (Å²) in [6, 6.07) is 0. The number of hydrogen-bond donors (Lipinski definition) is 2. The number of aliphatic hydroxyl groups excluding tert-OH is 2. The van der Waals surface area contributed by atoms with E-state index in [1.807, 2.05) is 0 Å². The molecule has 60 valence electrons. The molecular formula is C6H11ClO3. The van der Waals surface area contributed by atoms with Crippen molar-refractivity contribution in [3.63, 3.8) is 0 Å². The minimum atomic E-state index is -0.826. The molecule has 1 saturated heterocycles. The van der Waals surface area contributed by atoms with Crippen molar-refractivity contribution in [3.8, 4) is 0 Å². The van der Waals surface area contributed by atoms with Crippen molar-refractivity contribution < 1.29 is 14.9 Å². The molecule has 0 bridgehead atoms. The van der Waals surface area contributed by atoms with E-state index in [2.05, 4.69) is 0 Å². The molecule has 1 rings (SSSR count). The molecule has 1 aliphatic heterocycles. The number of ether oxygens (including phenoxy) is 1. The summed E-state index contributed by atoms with van der Waals surface area (Å²) in [5.41, 5.74) is 0. The Morgan fingerprint density at radius 1 is 1.40 bits per heavy atom. The van der Waals surface area contributed by atoms with Gasteiger partial charge >= 0.3 is 0 Å². The third-order valence-corrected chi connectivity index (χ3v) is 2.06. The molecule has 0 aromatic carbocycles. The van der Waals surface area contributed by atoms with Crippen LogP contribution in [0.15, 0.2) is 0 Å². The van der Waals surface area contributed by atoms with Gasteiger partial charge in [-0.2, -0.15) is 0 Å². The first-order chi connectivity index (χ1) is 4.66. The van der Waals surface area contributed by atoms with Crippen LogP contribution in [0.4, 0.5) is 0 Å². The maximum absolute atomic E-state index is 9.17. The van der Waals surface area contributed by atoms with Crippen LogP contribution in [0.3, 0.4) is 0 Å². The first-order valence-electron chi connectivity index (χ1n) is 3.24. The minimum absolute atomic E-state index is 0.225. The number of rotatable bonds is 1. The lowest BCUT2D eigenvalue weighted by Crippen LogP contribution is -2.32. The van der Waals surface area contributed by atoms with Crippen LogP contribution in [0, 0.1) is 0 Å². The lowest BCUT2D eigenvalue weighted by atomic mass is 10.1. The molecule has 0 aromatic rings. The van der Waals surface area contributed by atoms with E-state index in [1.165, 1.54) is 0 Å². The van der Waals surface area contributed by atoms with Crippen molar-refractivity contribution in [1.29, 1.82) is 0 Å². The predicted molar refractivity (Wildman–Crippen MR) is 37.1 cm³/mol. The third kappa shape index (κ3) is 1.27. The summed E-state index contributed by atoms with van der Waals surface area (Å²) in [5, 5.41) is 18.3. The van der Waals surface area contributed by atoms with Crippen molar-refractivity contribution in [2.24, 2.45) is 0 Å². The van der Waals surface area contributed by atoms with Crippen LogP contribution in [0.1, 0.15) is 6.92 Å². The second-order valence-corrected chi connectivity index (χ2v) is 2.82. The Morgan fingerprint density at radius 2 is 2.00 bits per heavy atom. The molecule has 4 atom stereocenters. The normalized spacial score (nSPS) is 48.0. The Kier molecular flexibility index (Phi) is 2.52. The highest BCUT2D eigenvalue weighted by Crippen LogP contribution is 2.21. The Morgan fingerprint density at radius 3 is 2.20 bits per heavy atom.